The minimum Gasteiger partial charge on any atom is -0.406 e. The summed E-state index contributed by atoms with van der Waals surface area (Å²) >= 11 is 0. The summed E-state index contributed by atoms with van der Waals surface area (Å²) in [6.45, 7) is 1.16. The molecule has 2 rings (SSSR count). The highest BCUT2D eigenvalue weighted by Crippen LogP contribution is 2.25. The summed E-state index contributed by atoms with van der Waals surface area (Å²) in [7, 11) is 0. The molecule has 2 amide bonds. The van der Waals surface area contributed by atoms with Crippen molar-refractivity contribution in [3.8, 4) is 5.75 Å². The summed E-state index contributed by atoms with van der Waals surface area (Å²) in [6.07, 6.45) is -3.91. The summed E-state index contributed by atoms with van der Waals surface area (Å²) in [5.41, 5.74) is 0.543. The lowest BCUT2D eigenvalue weighted by atomic mass is 10.2. The van der Waals surface area contributed by atoms with Gasteiger partial charge in [-0.1, -0.05) is 0 Å². The van der Waals surface area contributed by atoms with Crippen LogP contribution in [0, 0.1) is 0 Å². The quantitative estimate of drug-likeness (QED) is 0.887. The van der Waals surface area contributed by atoms with E-state index >= 15 is 0 Å². The molecule has 1 aromatic rings. The normalized spacial score (nSPS) is 16.4. The van der Waals surface area contributed by atoms with Crippen molar-refractivity contribution >= 4 is 11.7 Å². The lowest BCUT2D eigenvalue weighted by molar-refractivity contribution is -0.274. The van der Waals surface area contributed by atoms with Crippen molar-refractivity contribution in [2.75, 3.05) is 18.0 Å². The lowest BCUT2D eigenvalue weighted by Gasteiger charge is -2.27. The molecule has 1 fully saturated rings. The number of anilines is 1. The van der Waals surface area contributed by atoms with Gasteiger partial charge in [0.1, 0.15) is 5.75 Å². The molecule has 1 N–H and O–H groups in total. The van der Waals surface area contributed by atoms with Crippen LogP contribution in [0.4, 0.5) is 23.7 Å². The molecule has 0 spiro atoms. The van der Waals surface area contributed by atoms with Crippen molar-refractivity contribution in [3.63, 3.8) is 0 Å². The monoisotopic (exact) mass is 260 g/mol. The number of hydrogen-bond donors (Lipinski definition) is 1. The Bertz CT molecular complexity index is 431. The molecule has 98 valence electrons. The third-order valence-electron chi connectivity index (χ3n) is 2.46. The second kappa shape index (κ2) is 4.75. The molecule has 0 radical (unpaired) electrons. The first-order valence-electron chi connectivity index (χ1n) is 5.37. The average Bonchev–Trinajstić information content (AvgIpc) is 2.29. The van der Waals surface area contributed by atoms with E-state index in [4.69, 9.17) is 0 Å². The number of ether oxygens (including phenoxy) is 1. The van der Waals surface area contributed by atoms with Crippen molar-refractivity contribution in [1.29, 1.82) is 0 Å². The average molecular weight is 260 g/mol. The van der Waals surface area contributed by atoms with Crippen LogP contribution in [0.2, 0.25) is 0 Å². The molecular formula is C11H11F3N2O2. The predicted molar refractivity (Wildman–Crippen MR) is 58.5 cm³/mol. The standard InChI is InChI=1S/C11H11F3N2O2/c12-11(13,14)18-9-4-2-8(3-5-9)16-7-1-6-15-10(16)17/h2-5H,1,6-7H2,(H,15,17). The maximum absolute atomic E-state index is 12.0. The first-order chi connectivity index (χ1) is 8.46. The van der Waals surface area contributed by atoms with Crippen LogP contribution < -0.4 is 15.0 Å². The van der Waals surface area contributed by atoms with Crippen LogP contribution in [0.5, 0.6) is 5.75 Å². The van der Waals surface area contributed by atoms with E-state index in [9.17, 15) is 18.0 Å². The largest absolute Gasteiger partial charge is 0.573 e. The summed E-state index contributed by atoms with van der Waals surface area (Å²) in [4.78, 5) is 13.0. The highest BCUT2D eigenvalue weighted by atomic mass is 19.4. The maximum atomic E-state index is 12.0. The van der Waals surface area contributed by atoms with Gasteiger partial charge in [-0.3, -0.25) is 4.90 Å². The highest BCUT2D eigenvalue weighted by molar-refractivity contribution is 5.92. The maximum Gasteiger partial charge on any atom is 0.573 e. The number of alkyl halides is 3. The van der Waals surface area contributed by atoms with Gasteiger partial charge in [0.05, 0.1) is 0 Å². The molecule has 0 aliphatic carbocycles. The fourth-order valence-corrected chi connectivity index (χ4v) is 1.70. The Morgan fingerprint density at radius 3 is 2.44 bits per heavy atom. The molecule has 1 aliphatic rings. The Morgan fingerprint density at radius 2 is 1.89 bits per heavy atom. The first kappa shape index (κ1) is 12.5. The van der Waals surface area contributed by atoms with Gasteiger partial charge in [0.25, 0.3) is 0 Å². The van der Waals surface area contributed by atoms with E-state index in [2.05, 4.69) is 10.1 Å². The number of nitrogens with one attached hydrogen (secondary N) is 1. The second-order valence-corrected chi connectivity index (χ2v) is 3.78. The van der Waals surface area contributed by atoms with Crippen molar-refractivity contribution in [1.82, 2.24) is 5.32 Å². The fraction of sp³-hybridized carbons (Fsp3) is 0.364. The molecule has 4 nitrogen and oxygen atoms in total. The van der Waals surface area contributed by atoms with Crippen molar-refractivity contribution < 1.29 is 22.7 Å². The third-order valence-corrected chi connectivity index (χ3v) is 2.46. The van der Waals surface area contributed by atoms with Crippen molar-refractivity contribution in [3.05, 3.63) is 24.3 Å². The van der Waals surface area contributed by atoms with Gasteiger partial charge in [-0.05, 0) is 30.7 Å². The van der Waals surface area contributed by atoms with Gasteiger partial charge in [0.15, 0.2) is 0 Å². The third kappa shape index (κ3) is 3.06. The van der Waals surface area contributed by atoms with Gasteiger partial charge in [-0.2, -0.15) is 0 Å². The van der Waals surface area contributed by atoms with Crippen LogP contribution in [0.25, 0.3) is 0 Å². The summed E-state index contributed by atoms with van der Waals surface area (Å²) in [5.74, 6) is -0.302. The smallest absolute Gasteiger partial charge is 0.406 e. The minimum absolute atomic E-state index is 0.245. The van der Waals surface area contributed by atoms with Gasteiger partial charge in [0.2, 0.25) is 0 Å². The highest BCUT2D eigenvalue weighted by Gasteiger charge is 2.31. The van der Waals surface area contributed by atoms with E-state index in [-0.39, 0.29) is 11.8 Å². The number of amides is 2. The number of hydrogen-bond acceptors (Lipinski definition) is 2. The number of nitrogens with zero attached hydrogens (tertiary/aromatic N) is 1. The van der Waals surface area contributed by atoms with E-state index in [0.717, 1.165) is 6.42 Å². The predicted octanol–water partition coefficient (Wildman–Crippen LogP) is 2.50. The van der Waals surface area contributed by atoms with E-state index in [1.165, 1.54) is 29.2 Å². The lowest BCUT2D eigenvalue weighted by Crippen LogP contribution is -2.46. The summed E-state index contributed by atoms with van der Waals surface area (Å²) < 4.78 is 39.6. The van der Waals surface area contributed by atoms with Crippen LogP contribution in [0.1, 0.15) is 6.42 Å². The number of rotatable bonds is 2. The van der Waals surface area contributed by atoms with Gasteiger partial charge in [-0.25, -0.2) is 4.79 Å². The molecule has 18 heavy (non-hydrogen) atoms. The number of carbonyl (C=O) groups excluding carboxylic acids is 1. The Labute approximate surface area is 101 Å². The van der Waals surface area contributed by atoms with Crippen LogP contribution >= 0.6 is 0 Å². The van der Waals surface area contributed by atoms with Gasteiger partial charge < -0.3 is 10.1 Å². The zero-order chi connectivity index (χ0) is 13.2. The molecule has 1 aromatic carbocycles. The number of urea groups is 1. The molecule has 1 saturated heterocycles. The Morgan fingerprint density at radius 1 is 1.22 bits per heavy atom. The SMILES string of the molecule is O=C1NCCCN1c1ccc(OC(F)(F)F)cc1. The van der Waals surface area contributed by atoms with E-state index in [1.807, 2.05) is 0 Å². The molecule has 0 saturated carbocycles. The summed E-state index contributed by atoms with van der Waals surface area (Å²) in [6, 6.07) is 4.97. The fourth-order valence-electron chi connectivity index (χ4n) is 1.70. The molecule has 1 aliphatic heterocycles. The van der Waals surface area contributed by atoms with Crippen LogP contribution in [0.15, 0.2) is 24.3 Å². The number of halogens is 3. The number of benzene rings is 1. The summed E-state index contributed by atoms with van der Waals surface area (Å²) in [5, 5.41) is 2.66. The molecule has 1 heterocycles. The van der Waals surface area contributed by atoms with Crippen LogP contribution in [0.3, 0.4) is 0 Å². The molecule has 0 unspecified atom stereocenters. The van der Waals surface area contributed by atoms with Gasteiger partial charge in [0, 0.05) is 18.8 Å². The number of carbonyl (C=O) groups is 1. The van der Waals surface area contributed by atoms with E-state index in [1.54, 1.807) is 0 Å². The molecule has 7 heteroatoms. The Balaban J connectivity index is 2.09. The van der Waals surface area contributed by atoms with E-state index < -0.39 is 6.36 Å². The topological polar surface area (TPSA) is 41.6 Å². The molecular weight excluding hydrogens is 249 g/mol. The molecule has 0 atom stereocenters. The Kier molecular flexibility index (Phi) is 3.31. The first-order valence-corrected chi connectivity index (χ1v) is 5.37. The van der Waals surface area contributed by atoms with Gasteiger partial charge in [-0.15, -0.1) is 13.2 Å². The van der Waals surface area contributed by atoms with Crippen molar-refractivity contribution in [2.45, 2.75) is 12.8 Å². The van der Waals surface area contributed by atoms with Gasteiger partial charge >= 0.3 is 12.4 Å². The van der Waals surface area contributed by atoms with Crippen LogP contribution in [-0.4, -0.2) is 25.5 Å². The minimum atomic E-state index is -4.70. The zero-order valence-electron chi connectivity index (χ0n) is 9.33. The molecule has 0 bridgehead atoms. The van der Waals surface area contributed by atoms with Crippen LogP contribution in [-0.2, 0) is 0 Å². The molecule has 0 aromatic heterocycles. The van der Waals surface area contributed by atoms with Crippen molar-refractivity contribution in [2.24, 2.45) is 0 Å². The second-order valence-electron chi connectivity index (χ2n) is 3.78. The van der Waals surface area contributed by atoms with E-state index in [0.29, 0.717) is 18.8 Å². The Hall–Kier alpha value is -1.92. The zero-order valence-corrected chi connectivity index (χ0v) is 9.33.